The molecule has 1 aliphatic heterocycles. The van der Waals surface area contributed by atoms with Crippen molar-refractivity contribution >= 4 is 0 Å². The van der Waals surface area contributed by atoms with Crippen LogP contribution in [-0.4, -0.2) is 26.7 Å². The first-order valence-electron chi connectivity index (χ1n) is 6.19. The van der Waals surface area contributed by atoms with Gasteiger partial charge in [-0.3, -0.25) is 0 Å². The van der Waals surface area contributed by atoms with E-state index in [-0.39, 0.29) is 13.6 Å². The predicted molar refractivity (Wildman–Crippen MR) is 67.1 cm³/mol. The zero-order chi connectivity index (χ0) is 12.8. The summed E-state index contributed by atoms with van der Waals surface area (Å²) in [5, 5.41) is 3.27. The van der Waals surface area contributed by atoms with E-state index in [0.717, 1.165) is 35.9 Å². The van der Waals surface area contributed by atoms with E-state index in [1.807, 2.05) is 19.1 Å². The van der Waals surface area contributed by atoms with Gasteiger partial charge in [-0.2, -0.15) is 0 Å². The minimum Gasteiger partial charge on any atom is -0.467 e. The maximum absolute atomic E-state index is 5.60. The largest absolute Gasteiger partial charge is 0.467 e. The molecule has 5 heteroatoms. The molecule has 100 valence electrons. The van der Waals surface area contributed by atoms with Crippen molar-refractivity contribution < 1.29 is 18.9 Å². The van der Waals surface area contributed by atoms with E-state index in [1.165, 1.54) is 0 Å². The molecule has 18 heavy (non-hydrogen) atoms. The maximum Gasteiger partial charge on any atom is 0.231 e. The van der Waals surface area contributed by atoms with Crippen molar-refractivity contribution in [3.05, 3.63) is 17.7 Å². The topological polar surface area (TPSA) is 49.0 Å². The average Bonchev–Trinajstić information content (AvgIpc) is 2.83. The molecule has 0 atom stereocenters. The van der Waals surface area contributed by atoms with Crippen molar-refractivity contribution in [3.8, 4) is 17.2 Å². The van der Waals surface area contributed by atoms with Crippen LogP contribution in [0.1, 0.15) is 19.4 Å². The highest BCUT2D eigenvalue weighted by Gasteiger charge is 2.17. The van der Waals surface area contributed by atoms with E-state index in [4.69, 9.17) is 18.9 Å². The first-order valence-corrected chi connectivity index (χ1v) is 6.19. The summed E-state index contributed by atoms with van der Waals surface area (Å²) in [6.45, 7) is 6.78. The Labute approximate surface area is 107 Å². The summed E-state index contributed by atoms with van der Waals surface area (Å²) >= 11 is 0. The highest BCUT2D eigenvalue weighted by Crippen LogP contribution is 2.38. The quantitative estimate of drug-likeness (QED) is 0.594. The Bertz CT molecular complexity index is 395. The van der Waals surface area contributed by atoms with Gasteiger partial charge in [0.05, 0.1) is 0 Å². The molecule has 1 aliphatic rings. The molecule has 0 amide bonds. The van der Waals surface area contributed by atoms with Gasteiger partial charge in [-0.1, -0.05) is 6.92 Å². The molecule has 0 radical (unpaired) electrons. The summed E-state index contributed by atoms with van der Waals surface area (Å²) < 4.78 is 21.5. The van der Waals surface area contributed by atoms with Gasteiger partial charge in [0, 0.05) is 24.8 Å². The lowest BCUT2D eigenvalue weighted by Gasteiger charge is -2.12. The SMILES string of the molecule is CCNCc1cc2c(cc1OCOCC)OCO2. The van der Waals surface area contributed by atoms with Gasteiger partial charge < -0.3 is 24.3 Å². The molecule has 1 aromatic rings. The summed E-state index contributed by atoms with van der Waals surface area (Å²) in [7, 11) is 0. The molecule has 0 bridgehead atoms. The third kappa shape index (κ3) is 3.05. The van der Waals surface area contributed by atoms with Crippen LogP contribution in [0.15, 0.2) is 12.1 Å². The minimum atomic E-state index is 0.245. The maximum atomic E-state index is 5.60. The first kappa shape index (κ1) is 13.0. The van der Waals surface area contributed by atoms with Crippen LogP contribution < -0.4 is 19.5 Å². The van der Waals surface area contributed by atoms with Crippen LogP contribution in [0.2, 0.25) is 0 Å². The van der Waals surface area contributed by atoms with Crippen LogP contribution in [0.4, 0.5) is 0 Å². The predicted octanol–water partition coefficient (Wildman–Crippen LogP) is 1.90. The van der Waals surface area contributed by atoms with Gasteiger partial charge in [-0.25, -0.2) is 0 Å². The standard InChI is InChI=1S/C13H19NO4/c1-3-14-7-10-5-12-13(18-9-17-12)6-11(10)16-8-15-4-2/h5-6,14H,3-4,7-9H2,1-2H3. The normalized spacial score (nSPS) is 12.8. The fourth-order valence-electron chi connectivity index (χ4n) is 1.69. The Hall–Kier alpha value is -1.46. The van der Waals surface area contributed by atoms with Gasteiger partial charge in [0.1, 0.15) is 5.75 Å². The number of benzene rings is 1. The van der Waals surface area contributed by atoms with E-state index in [1.54, 1.807) is 0 Å². The molecule has 1 aromatic carbocycles. The second-order valence-electron chi connectivity index (χ2n) is 3.85. The monoisotopic (exact) mass is 253 g/mol. The van der Waals surface area contributed by atoms with Crippen LogP contribution in [0.3, 0.4) is 0 Å². The molecule has 1 heterocycles. The molecule has 0 unspecified atom stereocenters. The van der Waals surface area contributed by atoms with Crippen molar-refractivity contribution in [1.29, 1.82) is 0 Å². The smallest absolute Gasteiger partial charge is 0.231 e. The highest BCUT2D eigenvalue weighted by atomic mass is 16.7. The van der Waals surface area contributed by atoms with Crippen molar-refractivity contribution in [2.75, 3.05) is 26.7 Å². The van der Waals surface area contributed by atoms with Crippen LogP contribution in [-0.2, 0) is 11.3 Å². The van der Waals surface area contributed by atoms with Crippen molar-refractivity contribution in [3.63, 3.8) is 0 Å². The summed E-state index contributed by atoms with van der Waals surface area (Å²) in [5.74, 6) is 2.27. The van der Waals surface area contributed by atoms with Crippen molar-refractivity contribution in [2.45, 2.75) is 20.4 Å². The Kier molecular flexibility index (Phi) is 4.66. The molecule has 0 aliphatic carbocycles. The van der Waals surface area contributed by atoms with Gasteiger partial charge in [0.15, 0.2) is 18.3 Å². The Morgan fingerprint density at radius 3 is 2.72 bits per heavy atom. The van der Waals surface area contributed by atoms with E-state index < -0.39 is 0 Å². The molecule has 0 aromatic heterocycles. The lowest BCUT2D eigenvalue weighted by molar-refractivity contribution is 0.0217. The second-order valence-corrected chi connectivity index (χ2v) is 3.85. The van der Waals surface area contributed by atoms with Crippen LogP contribution in [0.25, 0.3) is 0 Å². The molecule has 0 saturated carbocycles. The van der Waals surface area contributed by atoms with Gasteiger partial charge in [-0.05, 0) is 19.5 Å². The molecule has 0 saturated heterocycles. The number of hydrogen-bond acceptors (Lipinski definition) is 5. The van der Waals surface area contributed by atoms with E-state index >= 15 is 0 Å². The number of ether oxygens (including phenoxy) is 4. The van der Waals surface area contributed by atoms with Crippen molar-refractivity contribution in [1.82, 2.24) is 5.32 Å². The highest BCUT2D eigenvalue weighted by molar-refractivity contribution is 5.51. The number of hydrogen-bond donors (Lipinski definition) is 1. The van der Waals surface area contributed by atoms with E-state index in [0.29, 0.717) is 6.61 Å². The lowest BCUT2D eigenvalue weighted by Crippen LogP contribution is -2.13. The van der Waals surface area contributed by atoms with E-state index in [2.05, 4.69) is 12.2 Å². The van der Waals surface area contributed by atoms with Crippen LogP contribution in [0, 0.1) is 0 Å². The molecular formula is C13H19NO4. The number of rotatable bonds is 7. The van der Waals surface area contributed by atoms with Crippen molar-refractivity contribution in [2.24, 2.45) is 0 Å². The minimum absolute atomic E-state index is 0.245. The van der Waals surface area contributed by atoms with Crippen LogP contribution in [0.5, 0.6) is 17.2 Å². The molecular weight excluding hydrogens is 234 g/mol. The van der Waals surface area contributed by atoms with Gasteiger partial charge in [0.2, 0.25) is 6.79 Å². The lowest BCUT2D eigenvalue weighted by atomic mass is 10.1. The summed E-state index contributed by atoms with van der Waals surface area (Å²) in [6.07, 6.45) is 0. The summed E-state index contributed by atoms with van der Waals surface area (Å²) in [4.78, 5) is 0. The fraction of sp³-hybridized carbons (Fsp3) is 0.538. The molecule has 2 rings (SSSR count). The van der Waals surface area contributed by atoms with E-state index in [9.17, 15) is 0 Å². The summed E-state index contributed by atoms with van der Waals surface area (Å²) in [6, 6.07) is 3.81. The zero-order valence-corrected chi connectivity index (χ0v) is 10.8. The van der Waals surface area contributed by atoms with Crippen LogP contribution >= 0.6 is 0 Å². The van der Waals surface area contributed by atoms with Gasteiger partial charge >= 0.3 is 0 Å². The third-order valence-corrected chi connectivity index (χ3v) is 2.62. The zero-order valence-electron chi connectivity index (χ0n) is 10.8. The second kappa shape index (κ2) is 6.47. The number of fused-ring (bicyclic) bond motifs is 1. The average molecular weight is 253 g/mol. The Morgan fingerprint density at radius 1 is 1.22 bits per heavy atom. The Balaban J connectivity index is 2.12. The molecule has 1 N–H and O–H groups in total. The summed E-state index contributed by atoms with van der Waals surface area (Å²) in [5.41, 5.74) is 1.04. The molecule has 0 spiro atoms. The van der Waals surface area contributed by atoms with Gasteiger partial charge in [0.25, 0.3) is 0 Å². The number of nitrogens with one attached hydrogen (secondary N) is 1. The first-order chi connectivity index (χ1) is 8.85. The molecule has 5 nitrogen and oxygen atoms in total. The van der Waals surface area contributed by atoms with Gasteiger partial charge in [-0.15, -0.1) is 0 Å². The third-order valence-electron chi connectivity index (χ3n) is 2.62. The Morgan fingerprint density at radius 2 is 2.00 bits per heavy atom. The molecule has 0 fully saturated rings. The fourth-order valence-corrected chi connectivity index (χ4v) is 1.69.